The number of aromatic nitrogens is 1. The van der Waals surface area contributed by atoms with E-state index in [1.54, 1.807) is 6.20 Å². The van der Waals surface area contributed by atoms with Gasteiger partial charge in [-0.05, 0) is 42.7 Å². The van der Waals surface area contributed by atoms with E-state index < -0.39 is 0 Å². The Labute approximate surface area is 155 Å². The number of benzene rings is 1. The maximum absolute atomic E-state index is 13.3. The summed E-state index contributed by atoms with van der Waals surface area (Å²) in [6, 6.07) is 11.6. The Morgan fingerprint density at radius 3 is 2.77 bits per heavy atom. The first-order valence-electron chi connectivity index (χ1n) is 9.41. The molecule has 0 atom stereocenters. The Bertz CT molecular complexity index is 699. The zero-order chi connectivity index (χ0) is 18.2. The Morgan fingerprint density at radius 1 is 1.19 bits per heavy atom. The van der Waals surface area contributed by atoms with Crippen LogP contribution in [0.25, 0.3) is 0 Å². The highest BCUT2D eigenvalue weighted by atomic mass is 16.5. The van der Waals surface area contributed by atoms with Crippen LogP contribution in [0.2, 0.25) is 0 Å². The van der Waals surface area contributed by atoms with Crippen LogP contribution < -0.4 is 10.5 Å². The first-order chi connectivity index (χ1) is 12.8. The Balaban J connectivity index is 1.81. The minimum atomic E-state index is 0.0546. The molecule has 0 radical (unpaired) electrons. The van der Waals surface area contributed by atoms with E-state index >= 15 is 0 Å². The summed E-state index contributed by atoms with van der Waals surface area (Å²) in [5.41, 5.74) is 7.22. The first kappa shape index (κ1) is 18.4. The number of carbonyl (C=O) groups excluding carboxylic acids is 1. The molecule has 1 fully saturated rings. The van der Waals surface area contributed by atoms with Crippen LogP contribution in [0.5, 0.6) is 5.75 Å². The third kappa shape index (κ3) is 4.82. The van der Waals surface area contributed by atoms with Crippen molar-refractivity contribution in [1.82, 2.24) is 9.88 Å². The fraction of sp³-hybridized carbons (Fsp3) is 0.429. The third-order valence-electron chi connectivity index (χ3n) is 4.82. The molecule has 1 aliphatic rings. The highest BCUT2D eigenvalue weighted by Gasteiger charge is 2.26. The highest BCUT2D eigenvalue weighted by molar-refractivity contribution is 5.94. The van der Waals surface area contributed by atoms with Gasteiger partial charge in [-0.1, -0.05) is 31.4 Å². The molecule has 5 nitrogen and oxygen atoms in total. The van der Waals surface area contributed by atoms with Gasteiger partial charge in [0.05, 0.1) is 0 Å². The largest absolute Gasteiger partial charge is 0.492 e. The summed E-state index contributed by atoms with van der Waals surface area (Å²) < 4.78 is 5.58. The lowest BCUT2D eigenvalue weighted by Gasteiger charge is -2.34. The summed E-state index contributed by atoms with van der Waals surface area (Å²) in [7, 11) is 0. The van der Waals surface area contributed by atoms with Gasteiger partial charge >= 0.3 is 0 Å². The van der Waals surface area contributed by atoms with E-state index in [9.17, 15) is 4.79 Å². The maximum Gasteiger partial charge on any atom is 0.254 e. The SMILES string of the molecule is NCCOc1cccc(C(=O)N(Cc2cccnc2)C2CCCCC2)c1. The van der Waals surface area contributed by atoms with Gasteiger partial charge in [0.15, 0.2) is 0 Å². The van der Waals surface area contributed by atoms with Crippen LogP contribution in [0.1, 0.15) is 48.0 Å². The summed E-state index contributed by atoms with van der Waals surface area (Å²) in [4.78, 5) is 19.5. The molecule has 1 aromatic carbocycles. The number of ether oxygens (including phenoxy) is 1. The van der Waals surface area contributed by atoms with E-state index in [1.165, 1.54) is 19.3 Å². The van der Waals surface area contributed by atoms with Crippen LogP contribution in [0.4, 0.5) is 0 Å². The second-order valence-corrected chi connectivity index (χ2v) is 6.75. The van der Waals surface area contributed by atoms with Crippen molar-refractivity contribution in [1.29, 1.82) is 0 Å². The lowest BCUT2D eigenvalue weighted by Crippen LogP contribution is -2.41. The molecule has 1 aromatic heterocycles. The van der Waals surface area contributed by atoms with Gasteiger partial charge in [0.1, 0.15) is 12.4 Å². The molecule has 1 heterocycles. The second-order valence-electron chi connectivity index (χ2n) is 6.75. The summed E-state index contributed by atoms with van der Waals surface area (Å²) in [5.74, 6) is 0.741. The van der Waals surface area contributed by atoms with Crippen molar-refractivity contribution in [2.45, 2.75) is 44.7 Å². The number of amides is 1. The second kappa shape index (κ2) is 9.34. The van der Waals surface area contributed by atoms with E-state index in [0.717, 1.165) is 18.4 Å². The van der Waals surface area contributed by atoms with Crippen LogP contribution in [0, 0.1) is 0 Å². The molecule has 2 N–H and O–H groups in total. The number of carbonyl (C=O) groups is 1. The molecule has 2 aromatic rings. The fourth-order valence-corrected chi connectivity index (χ4v) is 3.51. The third-order valence-corrected chi connectivity index (χ3v) is 4.82. The summed E-state index contributed by atoms with van der Waals surface area (Å²) >= 11 is 0. The van der Waals surface area contributed by atoms with Crippen molar-refractivity contribution in [2.75, 3.05) is 13.2 Å². The number of hydrogen-bond donors (Lipinski definition) is 1. The van der Waals surface area contributed by atoms with Crippen LogP contribution in [-0.2, 0) is 6.54 Å². The monoisotopic (exact) mass is 353 g/mol. The van der Waals surface area contributed by atoms with Gasteiger partial charge in [-0.15, -0.1) is 0 Å². The van der Waals surface area contributed by atoms with Crippen LogP contribution in [-0.4, -0.2) is 35.0 Å². The Kier molecular flexibility index (Phi) is 6.61. The topological polar surface area (TPSA) is 68.5 Å². The first-order valence-corrected chi connectivity index (χ1v) is 9.41. The molecule has 0 unspecified atom stereocenters. The van der Waals surface area contributed by atoms with Crippen molar-refractivity contribution >= 4 is 5.91 Å². The van der Waals surface area contributed by atoms with Crippen LogP contribution in [0.15, 0.2) is 48.8 Å². The molecule has 138 valence electrons. The maximum atomic E-state index is 13.3. The number of nitrogens with zero attached hydrogens (tertiary/aromatic N) is 2. The average molecular weight is 353 g/mol. The highest BCUT2D eigenvalue weighted by Crippen LogP contribution is 2.26. The quantitative estimate of drug-likeness (QED) is 0.828. The Hall–Kier alpha value is -2.40. The van der Waals surface area contributed by atoms with E-state index in [0.29, 0.717) is 31.0 Å². The molecule has 0 bridgehead atoms. The van der Waals surface area contributed by atoms with Gasteiger partial charge in [-0.25, -0.2) is 0 Å². The van der Waals surface area contributed by atoms with Gasteiger partial charge in [0, 0.05) is 37.1 Å². The van der Waals surface area contributed by atoms with Crippen molar-refractivity contribution in [2.24, 2.45) is 5.73 Å². The van der Waals surface area contributed by atoms with Gasteiger partial charge < -0.3 is 15.4 Å². The van der Waals surface area contributed by atoms with Gasteiger partial charge in [-0.3, -0.25) is 9.78 Å². The van der Waals surface area contributed by atoms with E-state index in [4.69, 9.17) is 10.5 Å². The van der Waals surface area contributed by atoms with Gasteiger partial charge in [-0.2, -0.15) is 0 Å². The predicted molar refractivity (Wildman–Crippen MR) is 102 cm³/mol. The molecule has 1 saturated carbocycles. The Morgan fingerprint density at radius 2 is 2.04 bits per heavy atom. The zero-order valence-electron chi connectivity index (χ0n) is 15.1. The molecule has 0 aliphatic heterocycles. The zero-order valence-corrected chi connectivity index (χ0v) is 15.1. The predicted octanol–water partition coefficient (Wildman–Crippen LogP) is 3.39. The summed E-state index contributed by atoms with van der Waals surface area (Å²) in [5, 5.41) is 0. The smallest absolute Gasteiger partial charge is 0.254 e. The summed E-state index contributed by atoms with van der Waals surface area (Å²) in [6.45, 7) is 1.48. The molecule has 1 aliphatic carbocycles. The molecule has 5 heteroatoms. The standard InChI is InChI=1S/C21H27N3O2/c22-11-13-26-20-10-4-7-18(14-20)21(25)24(19-8-2-1-3-9-19)16-17-6-5-12-23-15-17/h4-7,10,12,14-15,19H,1-3,8-9,11,13,16,22H2. The molecular formula is C21H27N3O2. The normalized spacial score (nSPS) is 14.8. The molecular weight excluding hydrogens is 326 g/mol. The molecule has 1 amide bonds. The van der Waals surface area contributed by atoms with E-state index in [-0.39, 0.29) is 11.9 Å². The van der Waals surface area contributed by atoms with Crippen molar-refractivity contribution in [3.63, 3.8) is 0 Å². The number of rotatable bonds is 7. The average Bonchev–Trinajstić information content (AvgIpc) is 2.71. The lowest BCUT2D eigenvalue weighted by molar-refractivity contribution is 0.0613. The van der Waals surface area contributed by atoms with Gasteiger partial charge in [0.25, 0.3) is 5.91 Å². The molecule has 0 saturated heterocycles. The number of pyridine rings is 1. The molecule has 26 heavy (non-hydrogen) atoms. The number of hydrogen-bond acceptors (Lipinski definition) is 4. The van der Waals surface area contributed by atoms with Crippen molar-refractivity contribution in [3.05, 3.63) is 59.9 Å². The molecule has 0 spiro atoms. The fourth-order valence-electron chi connectivity index (χ4n) is 3.51. The van der Waals surface area contributed by atoms with Crippen molar-refractivity contribution in [3.8, 4) is 5.75 Å². The minimum absolute atomic E-state index is 0.0546. The van der Waals surface area contributed by atoms with E-state index in [2.05, 4.69) is 4.98 Å². The minimum Gasteiger partial charge on any atom is -0.492 e. The van der Waals surface area contributed by atoms with Crippen LogP contribution >= 0.6 is 0 Å². The van der Waals surface area contributed by atoms with E-state index in [1.807, 2.05) is 47.5 Å². The molecule has 3 rings (SSSR count). The van der Waals surface area contributed by atoms with Crippen molar-refractivity contribution < 1.29 is 9.53 Å². The van der Waals surface area contributed by atoms with Crippen LogP contribution in [0.3, 0.4) is 0 Å². The van der Waals surface area contributed by atoms with Gasteiger partial charge in [0.2, 0.25) is 0 Å². The summed E-state index contributed by atoms with van der Waals surface area (Å²) in [6.07, 6.45) is 9.35. The number of nitrogens with two attached hydrogens (primary N) is 1. The lowest BCUT2D eigenvalue weighted by atomic mass is 9.93.